The number of nitrogens with two attached hydrogens (primary N) is 1. The van der Waals surface area contributed by atoms with Gasteiger partial charge in [-0.15, -0.1) is 0 Å². The highest BCUT2D eigenvalue weighted by molar-refractivity contribution is 5.55. The summed E-state index contributed by atoms with van der Waals surface area (Å²) in [6, 6.07) is 8.77. The predicted octanol–water partition coefficient (Wildman–Crippen LogP) is 1.78. The summed E-state index contributed by atoms with van der Waals surface area (Å²) in [5.74, 6) is 0. The third kappa shape index (κ3) is 4.43. The Balaban J connectivity index is 1.96. The van der Waals surface area contributed by atoms with Crippen LogP contribution in [0.2, 0.25) is 0 Å². The predicted molar refractivity (Wildman–Crippen MR) is 90.9 cm³/mol. The molecule has 0 amide bonds. The first-order chi connectivity index (χ1) is 10.1. The van der Waals surface area contributed by atoms with Crippen molar-refractivity contribution in [1.82, 2.24) is 9.80 Å². The molecule has 1 aromatic carbocycles. The Hall–Kier alpha value is -1.10. The lowest BCUT2D eigenvalue weighted by Gasteiger charge is -2.37. The molecular weight excluding hydrogens is 260 g/mol. The molecule has 1 aromatic rings. The fourth-order valence-electron chi connectivity index (χ4n) is 2.86. The second-order valence-electron chi connectivity index (χ2n) is 6.21. The molecule has 0 spiro atoms. The van der Waals surface area contributed by atoms with Crippen LogP contribution < -0.4 is 10.6 Å². The summed E-state index contributed by atoms with van der Waals surface area (Å²) in [7, 11) is 4.28. The van der Waals surface area contributed by atoms with Gasteiger partial charge < -0.3 is 15.5 Å². The number of piperazine rings is 1. The number of hydrogen-bond donors (Lipinski definition) is 1. The summed E-state index contributed by atoms with van der Waals surface area (Å²) >= 11 is 0. The standard InChI is InChI=1S/C17H30N4/c1-4-16(18)15-7-5-6-8-17(15)21-13-11-20(12-14-21)10-9-19(2)3/h5-8,16H,4,9-14,18H2,1-3H3/t16-/m1/s1. The molecule has 1 aliphatic heterocycles. The van der Waals surface area contributed by atoms with Crippen molar-refractivity contribution < 1.29 is 0 Å². The van der Waals surface area contributed by atoms with Crippen LogP contribution in [-0.2, 0) is 0 Å². The van der Waals surface area contributed by atoms with E-state index in [1.165, 1.54) is 11.3 Å². The average molecular weight is 290 g/mol. The van der Waals surface area contributed by atoms with Crippen LogP contribution in [0.1, 0.15) is 24.9 Å². The summed E-state index contributed by atoms with van der Waals surface area (Å²) in [6.07, 6.45) is 0.986. The first-order valence-electron chi connectivity index (χ1n) is 8.08. The van der Waals surface area contributed by atoms with Gasteiger partial charge in [0.2, 0.25) is 0 Å². The number of para-hydroxylation sites is 1. The van der Waals surface area contributed by atoms with E-state index in [2.05, 4.69) is 60.0 Å². The van der Waals surface area contributed by atoms with Gasteiger partial charge in [-0.05, 0) is 32.1 Å². The van der Waals surface area contributed by atoms with E-state index in [1.54, 1.807) is 0 Å². The van der Waals surface area contributed by atoms with E-state index < -0.39 is 0 Å². The minimum Gasteiger partial charge on any atom is -0.369 e. The van der Waals surface area contributed by atoms with Gasteiger partial charge in [0.05, 0.1) is 0 Å². The van der Waals surface area contributed by atoms with Crippen molar-refractivity contribution in [2.45, 2.75) is 19.4 Å². The van der Waals surface area contributed by atoms with Gasteiger partial charge in [-0.1, -0.05) is 25.1 Å². The van der Waals surface area contributed by atoms with Gasteiger partial charge in [-0.2, -0.15) is 0 Å². The zero-order chi connectivity index (χ0) is 15.2. The van der Waals surface area contributed by atoms with Gasteiger partial charge in [-0.25, -0.2) is 0 Å². The van der Waals surface area contributed by atoms with E-state index in [1.807, 2.05) is 0 Å². The largest absolute Gasteiger partial charge is 0.369 e. The molecule has 0 saturated carbocycles. The lowest BCUT2D eigenvalue weighted by Crippen LogP contribution is -2.48. The monoisotopic (exact) mass is 290 g/mol. The van der Waals surface area contributed by atoms with Crippen molar-refractivity contribution in [3.05, 3.63) is 29.8 Å². The van der Waals surface area contributed by atoms with Crippen LogP contribution >= 0.6 is 0 Å². The molecule has 21 heavy (non-hydrogen) atoms. The van der Waals surface area contributed by atoms with E-state index in [4.69, 9.17) is 5.73 Å². The highest BCUT2D eigenvalue weighted by atomic mass is 15.3. The molecule has 118 valence electrons. The first-order valence-corrected chi connectivity index (χ1v) is 8.08. The van der Waals surface area contributed by atoms with Crippen molar-refractivity contribution >= 4 is 5.69 Å². The van der Waals surface area contributed by atoms with Gasteiger partial charge in [0.25, 0.3) is 0 Å². The lowest BCUT2D eigenvalue weighted by atomic mass is 10.0. The highest BCUT2D eigenvalue weighted by Gasteiger charge is 2.20. The van der Waals surface area contributed by atoms with E-state index in [-0.39, 0.29) is 6.04 Å². The SMILES string of the molecule is CC[C@@H](N)c1ccccc1N1CCN(CCN(C)C)CC1. The molecule has 0 bridgehead atoms. The zero-order valence-electron chi connectivity index (χ0n) is 13.8. The Kier molecular flexibility index (Phi) is 6.03. The molecule has 1 fully saturated rings. The maximum atomic E-state index is 6.27. The molecule has 1 heterocycles. The zero-order valence-corrected chi connectivity index (χ0v) is 13.8. The lowest BCUT2D eigenvalue weighted by molar-refractivity contribution is 0.229. The first kappa shape index (κ1) is 16.3. The molecule has 0 unspecified atom stereocenters. The molecule has 2 N–H and O–H groups in total. The molecule has 1 atom stereocenters. The summed E-state index contributed by atoms with van der Waals surface area (Å²) < 4.78 is 0. The number of hydrogen-bond acceptors (Lipinski definition) is 4. The summed E-state index contributed by atoms with van der Waals surface area (Å²) in [4.78, 5) is 7.30. The summed E-state index contributed by atoms with van der Waals surface area (Å²) in [6.45, 7) is 8.93. The van der Waals surface area contributed by atoms with Crippen molar-refractivity contribution in [2.24, 2.45) is 5.73 Å². The quantitative estimate of drug-likeness (QED) is 0.866. The van der Waals surface area contributed by atoms with E-state index in [0.717, 1.165) is 45.7 Å². The van der Waals surface area contributed by atoms with Crippen LogP contribution in [0.3, 0.4) is 0 Å². The minimum absolute atomic E-state index is 0.146. The van der Waals surface area contributed by atoms with Crippen molar-refractivity contribution in [1.29, 1.82) is 0 Å². The molecule has 0 aliphatic carbocycles. The van der Waals surface area contributed by atoms with Crippen molar-refractivity contribution in [3.8, 4) is 0 Å². The minimum atomic E-state index is 0.146. The second kappa shape index (κ2) is 7.78. The second-order valence-corrected chi connectivity index (χ2v) is 6.21. The Bertz CT molecular complexity index is 425. The topological polar surface area (TPSA) is 35.7 Å². The molecule has 1 aliphatic rings. The number of anilines is 1. The molecule has 1 saturated heterocycles. The van der Waals surface area contributed by atoms with Crippen LogP contribution in [0.5, 0.6) is 0 Å². The Morgan fingerprint density at radius 3 is 2.43 bits per heavy atom. The number of nitrogens with zero attached hydrogens (tertiary/aromatic N) is 3. The van der Waals surface area contributed by atoms with Crippen LogP contribution in [0, 0.1) is 0 Å². The van der Waals surface area contributed by atoms with Gasteiger partial charge in [-0.3, -0.25) is 4.90 Å². The van der Waals surface area contributed by atoms with E-state index in [0.29, 0.717) is 0 Å². The van der Waals surface area contributed by atoms with Gasteiger partial charge in [0.15, 0.2) is 0 Å². The molecule has 4 nitrogen and oxygen atoms in total. The van der Waals surface area contributed by atoms with Gasteiger partial charge in [0, 0.05) is 51.0 Å². The van der Waals surface area contributed by atoms with Gasteiger partial charge in [0.1, 0.15) is 0 Å². The number of benzene rings is 1. The molecule has 2 rings (SSSR count). The summed E-state index contributed by atoms with van der Waals surface area (Å²) in [5.41, 5.74) is 8.89. The van der Waals surface area contributed by atoms with E-state index >= 15 is 0 Å². The van der Waals surface area contributed by atoms with Crippen LogP contribution in [-0.4, -0.2) is 63.2 Å². The third-order valence-corrected chi connectivity index (χ3v) is 4.35. The van der Waals surface area contributed by atoms with E-state index in [9.17, 15) is 0 Å². The maximum Gasteiger partial charge on any atom is 0.0415 e. The Morgan fingerprint density at radius 2 is 1.81 bits per heavy atom. The van der Waals surface area contributed by atoms with Crippen LogP contribution in [0.4, 0.5) is 5.69 Å². The fourth-order valence-corrected chi connectivity index (χ4v) is 2.86. The number of rotatable bonds is 6. The molecular formula is C17H30N4. The van der Waals surface area contributed by atoms with Crippen LogP contribution in [0.25, 0.3) is 0 Å². The Labute approximate surface area is 129 Å². The maximum absolute atomic E-state index is 6.27. The van der Waals surface area contributed by atoms with Gasteiger partial charge >= 0.3 is 0 Å². The van der Waals surface area contributed by atoms with Crippen LogP contribution in [0.15, 0.2) is 24.3 Å². The normalized spacial score (nSPS) is 18.2. The smallest absolute Gasteiger partial charge is 0.0415 e. The summed E-state index contributed by atoms with van der Waals surface area (Å²) in [5, 5.41) is 0. The van der Waals surface area contributed by atoms with Crippen molar-refractivity contribution in [2.75, 3.05) is 58.3 Å². The molecule has 4 heteroatoms. The average Bonchev–Trinajstić information content (AvgIpc) is 2.52. The Morgan fingerprint density at radius 1 is 1.14 bits per heavy atom. The van der Waals surface area contributed by atoms with Crippen molar-refractivity contribution in [3.63, 3.8) is 0 Å². The number of likely N-dealkylation sites (N-methyl/N-ethyl adjacent to an activating group) is 1. The highest BCUT2D eigenvalue weighted by Crippen LogP contribution is 2.27. The molecule has 0 aromatic heterocycles. The fraction of sp³-hybridized carbons (Fsp3) is 0.647. The molecule has 0 radical (unpaired) electrons. The third-order valence-electron chi connectivity index (χ3n) is 4.35.